The molecule has 2 N–H and O–H groups in total. The molecule has 1 heterocycles. The zero-order valence-corrected chi connectivity index (χ0v) is 11.5. The van der Waals surface area contributed by atoms with Gasteiger partial charge in [-0.3, -0.25) is 14.4 Å². The number of carboxylic acids is 1. The fourth-order valence-electron chi connectivity index (χ4n) is 2.01. The Morgan fingerprint density at radius 1 is 1.21 bits per heavy atom. The number of nitrogens with zero attached hydrogens (tertiary/aromatic N) is 1. The van der Waals surface area contributed by atoms with Crippen LogP contribution >= 0.6 is 0 Å². The van der Waals surface area contributed by atoms with Gasteiger partial charge in [-0.05, 0) is 12.8 Å². The highest BCUT2D eigenvalue weighted by atomic mass is 16.4. The summed E-state index contributed by atoms with van der Waals surface area (Å²) in [7, 11) is 0. The molecule has 6 heteroatoms. The van der Waals surface area contributed by atoms with Crippen LogP contribution in [0.5, 0.6) is 0 Å². The van der Waals surface area contributed by atoms with Crippen LogP contribution in [0, 0.1) is 5.92 Å². The second-order valence-electron chi connectivity index (χ2n) is 5.21. The van der Waals surface area contributed by atoms with Crippen LogP contribution in [0.15, 0.2) is 0 Å². The number of carbonyl (C=O) groups excluding carboxylic acids is 2. The second-order valence-corrected chi connectivity index (χ2v) is 5.21. The monoisotopic (exact) mass is 270 g/mol. The van der Waals surface area contributed by atoms with E-state index in [1.807, 2.05) is 13.8 Å². The van der Waals surface area contributed by atoms with Crippen molar-refractivity contribution in [3.8, 4) is 0 Å². The maximum Gasteiger partial charge on any atom is 0.303 e. The summed E-state index contributed by atoms with van der Waals surface area (Å²) >= 11 is 0. The number of piperidine rings is 1. The molecule has 0 aromatic carbocycles. The molecule has 19 heavy (non-hydrogen) atoms. The third-order valence-electron chi connectivity index (χ3n) is 3.27. The van der Waals surface area contributed by atoms with Gasteiger partial charge in [-0.1, -0.05) is 13.8 Å². The summed E-state index contributed by atoms with van der Waals surface area (Å²) < 4.78 is 0. The SMILES string of the molecule is CC(C)C(=O)NC1CCN(C(=O)CCC(=O)O)CC1. The maximum absolute atomic E-state index is 11.7. The summed E-state index contributed by atoms with van der Waals surface area (Å²) in [4.78, 5) is 35.3. The lowest BCUT2D eigenvalue weighted by atomic mass is 10.0. The van der Waals surface area contributed by atoms with Crippen LogP contribution in [0.25, 0.3) is 0 Å². The third kappa shape index (κ3) is 5.28. The first-order valence-corrected chi connectivity index (χ1v) is 6.70. The molecule has 0 saturated carbocycles. The third-order valence-corrected chi connectivity index (χ3v) is 3.27. The van der Waals surface area contributed by atoms with Gasteiger partial charge < -0.3 is 15.3 Å². The Kier molecular flexibility index (Phi) is 5.79. The lowest BCUT2D eigenvalue weighted by molar-refractivity contribution is -0.141. The molecule has 0 aromatic heterocycles. The van der Waals surface area contributed by atoms with E-state index in [0.29, 0.717) is 13.1 Å². The minimum atomic E-state index is -0.951. The van der Waals surface area contributed by atoms with Crippen molar-refractivity contribution >= 4 is 17.8 Å². The molecule has 1 aliphatic heterocycles. The normalized spacial score (nSPS) is 16.5. The Morgan fingerprint density at radius 2 is 1.79 bits per heavy atom. The average molecular weight is 270 g/mol. The quantitative estimate of drug-likeness (QED) is 0.766. The van der Waals surface area contributed by atoms with Crippen molar-refractivity contribution in [2.75, 3.05) is 13.1 Å². The van der Waals surface area contributed by atoms with Crippen molar-refractivity contribution in [1.82, 2.24) is 10.2 Å². The van der Waals surface area contributed by atoms with Gasteiger partial charge in [0.1, 0.15) is 0 Å². The summed E-state index contributed by atoms with van der Waals surface area (Å²) in [6.45, 7) is 4.86. The van der Waals surface area contributed by atoms with E-state index in [2.05, 4.69) is 5.32 Å². The molecule has 1 fully saturated rings. The Bertz CT molecular complexity index is 347. The highest BCUT2D eigenvalue weighted by molar-refractivity contribution is 5.81. The van der Waals surface area contributed by atoms with E-state index < -0.39 is 5.97 Å². The van der Waals surface area contributed by atoms with Gasteiger partial charge in [0, 0.05) is 31.5 Å². The first-order valence-electron chi connectivity index (χ1n) is 6.70. The number of nitrogens with one attached hydrogen (secondary N) is 1. The molecule has 1 rings (SSSR count). The molecule has 0 aromatic rings. The molecular weight excluding hydrogens is 248 g/mol. The van der Waals surface area contributed by atoms with Gasteiger partial charge in [0.25, 0.3) is 0 Å². The lowest BCUT2D eigenvalue weighted by Crippen LogP contribution is -2.47. The van der Waals surface area contributed by atoms with Crippen molar-refractivity contribution in [3.63, 3.8) is 0 Å². The zero-order valence-electron chi connectivity index (χ0n) is 11.5. The van der Waals surface area contributed by atoms with Gasteiger partial charge in [0.2, 0.25) is 11.8 Å². The molecule has 0 spiro atoms. The van der Waals surface area contributed by atoms with Crippen LogP contribution in [0.1, 0.15) is 39.5 Å². The van der Waals surface area contributed by atoms with Crippen molar-refractivity contribution in [2.45, 2.75) is 45.6 Å². The van der Waals surface area contributed by atoms with E-state index in [1.165, 1.54) is 0 Å². The Morgan fingerprint density at radius 3 is 2.26 bits per heavy atom. The molecule has 108 valence electrons. The summed E-state index contributed by atoms with van der Waals surface area (Å²) in [5.74, 6) is -1.06. The largest absolute Gasteiger partial charge is 0.481 e. The number of hydrogen-bond acceptors (Lipinski definition) is 3. The molecule has 0 atom stereocenters. The highest BCUT2D eigenvalue weighted by Crippen LogP contribution is 2.12. The van der Waals surface area contributed by atoms with Gasteiger partial charge in [-0.15, -0.1) is 0 Å². The van der Waals surface area contributed by atoms with E-state index >= 15 is 0 Å². The number of carboxylic acid groups (broad SMARTS) is 1. The summed E-state index contributed by atoms with van der Waals surface area (Å²) in [5, 5.41) is 11.5. The van der Waals surface area contributed by atoms with E-state index in [1.54, 1.807) is 4.90 Å². The van der Waals surface area contributed by atoms with Gasteiger partial charge in [-0.25, -0.2) is 0 Å². The van der Waals surface area contributed by atoms with Crippen LogP contribution in [0.4, 0.5) is 0 Å². The van der Waals surface area contributed by atoms with Crippen LogP contribution in [0.2, 0.25) is 0 Å². The van der Waals surface area contributed by atoms with Crippen molar-refractivity contribution in [1.29, 1.82) is 0 Å². The molecule has 2 amide bonds. The molecular formula is C13H22N2O4. The number of aliphatic carboxylic acids is 1. The Labute approximate surface area is 113 Å². The van der Waals surface area contributed by atoms with Crippen LogP contribution in [-0.2, 0) is 14.4 Å². The Hall–Kier alpha value is -1.59. The lowest BCUT2D eigenvalue weighted by Gasteiger charge is -2.32. The van der Waals surface area contributed by atoms with Gasteiger partial charge in [-0.2, -0.15) is 0 Å². The molecule has 1 aliphatic rings. The smallest absolute Gasteiger partial charge is 0.303 e. The van der Waals surface area contributed by atoms with Gasteiger partial charge in [0.05, 0.1) is 6.42 Å². The van der Waals surface area contributed by atoms with E-state index in [9.17, 15) is 14.4 Å². The first-order chi connectivity index (χ1) is 8.90. The molecule has 0 radical (unpaired) electrons. The standard InChI is InChI=1S/C13H22N2O4/c1-9(2)13(19)14-10-5-7-15(8-6-10)11(16)3-4-12(17)18/h9-10H,3-8H2,1-2H3,(H,14,19)(H,17,18). The van der Waals surface area contributed by atoms with Crippen LogP contribution in [-0.4, -0.2) is 46.9 Å². The summed E-state index contributed by atoms with van der Waals surface area (Å²) in [5.41, 5.74) is 0. The first kappa shape index (κ1) is 15.5. The molecule has 0 aliphatic carbocycles. The van der Waals surface area contributed by atoms with Crippen LogP contribution < -0.4 is 5.32 Å². The number of hydrogen-bond donors (Lipinski definition) is 2. The highest BCUT2D eigenvalue weighted by Gasteiger charge is 2.24. The number of amides is 2. The minimum absolute atomic E-state index is 0.0322. The second kappa shape index (κ2) is 7.11. The van der Waals surface area contributed by atoms with Gasteiger partial charge in [0.15, 0.2) is 0 Å². The van der Waals surface area contributed by atoms with Crippen molar-refractivity contribution < 1.29 is 19.5 Å². The van der Waals surface area contributed by atoms with E-state index in [4.69, 9.17) is 5.11 Å². The van der Waals surface area contributed by atoms with Gasteiger partial charge >= 0.3 is 5.97 Å². The van der Waals surface area contributed by atoms with Crippen molar-refractivity contribution in [2.24, 2.45) is 5.92 Å². The number of rotatable bonds is 5. The van der Waals surface area contributed by atoms with Crippen molar-refractivity contribution in [3.05, 3.63) is 0 Å². The molecule has 1 saturated heterocycles. The number of likely N-dealkylation sites (tertiary alicyclic amines) is 1. The predicted octanol–water partition coefficient (Wildman–Crippen LogP) is 0.614. The predicted molar refractivity (Wildman–Crippen MR) is 69.5 cm³/mol. The number of carbonyl (C=O) groups is 3. The summed E-state index contributed by atoms with van der Waals surface area (Å²) in [6.07, 6.45) is 1.40. The average Bonchev–Trinajstić information content (AvgIpc) is 2.36. The molecule has 0 unspecified atom stereocenters. The van der Waals surface area contributed by atoms with E-state index in [-0.39, 0.29) is 36.6 Å². The molecule has 6 nitrogen and oxygen atoms in total. The fraction of sp³-hybridized carbons (Fsp3) is 0.769. The maximum atomic E-state index is 11.7. The topological polar surface area (TPSA) is 86.7 Å². The van der Waals surface area contributed by atoms with E-state index in [0.717, 1.165) is 12.8 Å². The Balaban J connectivity index is 2.30. The fourth-order valence-corrected chi connectivity index (χ4v) is 2.01. The zero-order chi connectivity index (χ0) is 14.4. The summed E-state index contributed by atoms with van der Waals surface area (Å²) in [6, 6.07) is 0.124. The van der Waals surface area contributed by atoms with Crippen LogP contribution in [0.3, 0.4) is 0 Å². The molecule has 0 bridgehead atoms. The minimum Gasteiger partial charge on any atom is -0.481 e.